The molecule has 0 aliphatic rings. The summed E-state index contributed by atoms with van der Waals surface area (Å²) in [5.41, 5.74) is 8.71. The minimum Gasteiger partial charge on any atom is -0.460 e. The number of benzene rings is 3. The highest BCUT2D eigenvalue weighted by Crippen LogP contribution is 2.29. The summed E-state index contributed by atoms with van der Waals surface area (Å²) in [6, 6.07) is 21.3. The van der Waals surface area contributed by atoms with E-state index in [1.165, 1.54) is 12.1 Å². The predicted octanol–water partition coefficient (Wildman–Crippen LogP) is 5.81. The molecule has 0 heterocycles. The quantitative estimate of drug-likeness (QED) is 0.270. The van der Waals surface area contributed by atoms with Crippen molar-refractivity contribution in [3.8, 4) is 11.1 Å². The molecular weight excluding hydrogens is 464 g/mol. The average molecular weight is 495 g/mol. The van der Waals surface area contributed by atoms with Crippen LogP contribution in [0.25, 0.3) is 11.1 Å². The Morgan fingerprint density at radius 1 is 1.06 bits per heavy atom. The monoisotopic (exact) mass is 494 g/mol. The van der Waals surface area contributed by atoms with E-state index in [2.05, 4.69) is 0 Å². The van der Waals surface area contributed by atoms with E-state index in [1.807, 2.05) is 68.4 Å². The van der Waals surface area contributed by atoms with Gasteiger partial charge in [0.05, 0.1) is 12.0 Å². The lowest BCUT2D eigenvalue weighted by molar-refractivity contribution is -0.161. The van der Waals surface area contributed by atoms with Gasteiger partial charge in [-0.2, -0.15) is 0 Å². The van der Waals surface area contributed by atoms with Gasteiger partial charge in [-0.25, -0.2) is 4.39 Å². The van der Waals surface area contributed by atoms with Crippen LogP contribution >= 0.6 is 11.6 Å². The topological polar surface area (TPSA) is 61.5 Å². The molecule has 0 aromatic heterocycles. The number of ether oxygens (including phenoxy) is 2. The molecule has 0 amide bonds. The lowest BCUT2D eigenvalue weighted by Gasteiger charge is -2.30. The SMILES string of the molecule is CCOC[C@](C)(C[C@H](N)Cc1ccc(-c2cc(Cl)ccc2F)cc1)C(=O)OCc1ccccc1.[B]. The molecular formula is C28H31BClFNO3. The first-order valence-electron chi connectivity index (χ1n) is 11.4. The van der Waals surface area contributed by atoms with Gasteiger partial charge in [-0.15, -0.1) is 0 Å². The average Bonchev–Trinajstić information content (AvgIpc) is 2.84. The van der Waals surface area contributed by atoms with Crippen molar-refractivity contribution in [2.24, 2.45) is 11.1 Å². The zero-order valence-electron chi connectivity index (χ0n) is 20.2. The van der Waals surface area contributed by atoms with Crippen LogP contribution in [0.4, 0.5) is 4.39 Å². The Morgan fingerprint density at radius 2 is 1.74 bits per heavy atom. The third-order valence-electron chi connectivity index (χ3n) is 5.73. The molecule has 0 aliphatic carbocycles. The molecule has 3 aromatic rings. The van der Waals surface area contributed by atoms with Crippen LogP contribution in [-0.4, -0.2) is 33.6 Å². The largest absolute Gasteiger partial charge is 0.460 e. The maximum atomic E-state index is 14.2. The first-order valence-corrected chi connectivity index (χ1v) is 11.8. The van der Waals surface area contributed by atoms with Gasteiger partial charge in [-0.3, -0.25) is 4.79 Å². The molecule has 0 aliphatic heterocycles. The van der Waals surface area contributed by atoms with Gasteiger partial charge in [0.15, 0.2) is 0 Å². The second kappa shape index (κ2) is 13.4. The first kappa shape index (κ1) is 28.6. The van der Waals surface area contributed by atoms with Crippen molar-refractivity contribution in [1.29, 1.82) is 0 Å². The van der Waals surface area contributed by atoms with Gasteiger partial charge in [-0.1, -0.05) is 66.2 Å². The highest BCUT2D eigenvalue weighted by atomic mass is 35.5. The van der Waals surface area contributed by atoms with Crippen LogP contribution in [0.3, 0.4) is 0 Å². The van der Waals surface area contributed by atoms with Crippen LogP contribution in [0, 0.1) is 11.2 Å². The van der Waals surface area contributed by atoms with E-state index in [0.717, 1.165) is 16.7 Å². The third-order valence-corrected chi connectivity index (χ3v) is 5.97. The smallest absolute Gasteiger partial charge is 0.314 e. The molecule has 3 rings (SSSR count). The lowest BCUT2D eigenvalue weighted by Crippen LogP contribution is -2.41. The number of carbonyl (C=O) groups is 1. The fraction of sp³-hybridized carbons (Fsp3) is 0.321. The van der Waals surface area contributed by atoms with Gasteiger partial charge >= 0.3 is 5.97 Å². The summed E-state index contributed by atoms with van der Waals surface area (Å²) >= 11 is 6.02. The molecule has 0 bridgehead atoms. The fourth-order valence-corrected chi connectivity index (χ4v) is 4.09. The molecule has 0 fully saturated rings. The van der Waals surface area contributed by atoms with E-state index < -0.39 is 5.41 Å². The van der Waals surface area contributed by atoms with Crippen LogP contribution in [0.15, 0.2) is 72.8 Å². The van der Waals surface area contributed by atoms with Crippen molar-refractivity contribution in [2.75, 3.05) is 13.2 Å². The van der Waals surface area contributed by atoms with E-state index in [0.29, 0.717) is 30.0 Å². The van der Waals surface area contributed by atoms with Crippen LogP contribution in [0.2, 0.25) is 5.02 Å². The molecule has 4 nitrogen and oxygen atoms in total. The van der Waals surface area contributed by atoms with Gasteiger partial charge in [0.2, 0.25) is 0 Å². The van der Waals surface area contributed by atoms with Gasteiger partial charge in [-0.05, 0) is 61.6 Å². The maximum absolute atomic E-state index is 14.2. The third kappa shape index (κ3) is 8.20. The lowest BCUT2D eigenvalue weighted by atomic mass is 9.82. The van der Waals surface area contributed by atoms with Crippen LogP contribution in [0.1, 0.15) is 31.4 Å². The normalized spacial score (nSPS) is 13.4. The molecule has 2 N–H and O–H groups in total. The zero-order valence-corrected chi connectivity index (χ0v) is 20.9. The van der Waals surface area contributed by atoms with Gasteiger partial charge < -0.3 is 15.2 Å². The van der Waals surface area contributed by atoms with Gasteiger partial charge in [0, 0.05) is 31.6 Å². The predicted molar refractivity (Wildman–Crippen MR) is 140 cm³/mol. The van der Waals surface area contributed by atoms with E-state index in [9.17, 15) is 9.18 Å². The summed E-state index contributed by atoms with van der Waals surface area (Å²) in [7, 11) is 0. The number of hydrogen-bond acceptors (Lipinski definition) is 4. The molecule has 0 unspecified atom stereocenters. The van der Waals surface area contributed by atoms with Gasteiger partial charge in [0.1, 0.15) is 12.4 Å². The fourth-order valence-electron chi connectivity index (χ4n) is 3.92. The van der Waals surface area contributed by atoms with Crippen molar-refractivity contribution in [3.63, 3.8) is 0 Å². The standard InChI is InChI=1S/C28H31ClFNO3.B/c1-3-33-19-28(2,27(32)34-18-21-7-5-4-6-8-21)17-24(31)15-20-9-11-22(12-10-20)25-16-23(29)13-14-26(25)30;/h4-14,16,24H,3,15,17-19,31H2,1-2H3;/t24-,28+;/m1./s1. The summed E-state index contributed by atoms with van der Waals surface area (Å²) in [4.78, 5) is 13.0. The molecule has 183 valence electrons. The first-order chi connectivity index (χ1) is 16.3. The number of rotatable bonds is 11. The number of halogens is 2. The van der Waals surface area contributed by atoms with Crippen LogP contribution in [-0.2, 0) is 27.3 Å². The Bertz CT molecular complexity index is 1080. The highest BCUT2D eigenvalue weighted by molar-refractivity contribution is 6.30. The number of nitrogens with two attached hydrogens (primary N) is 1. The summed E-state index contributed by atoms with van der Waals surface area (Å²) in [5, 5.41) is 0.482. The summed E-state index contributed by atoms with van der Waals surface area (Å²) in [6.07, 6.45) is 0.970. The molecule has 3 radical (unpaired) electrons. The van der Waals surface area contributed by atoms with Crippen LogP contribution in [0.5, 0.6) is 0 Å². The molecule has 3 aromatic carbocycles. The van der Waals surface area contributed by atoms with Crippen molar-refractivity contribution in [2.45, 2.75) is 39.3 Å². The number of esters is 1. The van der Waals surface area contributed by atoms with Crippen molar-refractivity contribution < 1.29 is 18.7 Å². The van der Waals surface area contributed by atoms with E-state index in [-0.39, 0.29) is 39.5 Å². The Kier molecular flexibility index (Phi) is 11.0. The Hall–Kier alpha value is -2.67. The minimum absolute atomic E-state index is 0. The molecule has 0 spiro atoms. The molecule has 0 saturated carbocycles. The van der Waals surface area contributed by atoms with Crippen molar-refractivity contribution in [1.82, 2.24) is 0 Å². The summed E-state index contributed by atoms with van der Waals surface area (Å²) in [5.74, 6) is -0.651. The van der Waals surface area contributed by atoms with E-state index >= 15 is 0 Å². The Labute approximate surface area is 214 Å². The van der Waals surface area contributed by atoms with Crippen LogP contribution < -0.4 is 5.73 Å². The molecule has 7 heteroatoms. The van der Waals surface area contributed by atoms with E-state index in [1.54, 1.807) is 6.07 Å². The second-order valence-electron chi connectivity index (χ2n) is 8.75. The van der Waals surface area contributed by atoms with Crippen molar-refractivity contribution in [3.05, 3.63) is 94.8 Å². The zero-order chi connectivity index (χ0) is 24.6. The second-order valence-corrected chi connectivity index (χ2v) is 9.19. The highest BCUT2D eigenvalue weighted by Gasteiger charge is 2.37. The summed E-state index contributed by atoms with van der Waals surface area (Å²) in [6.45, 7) is 4.66. The number of hydrogen-bond donors (Lipinski definition) is 1. The molecule has 35 heavy (non-hydrogen) atoms. The van der Waals surface area contributed by atoms with Crippen molar-refractivity contribution >= 4 is 26.0 Å². The molecule has 2 atom stereocenters. The van der Waals surface area contributed by atoms with E-state index in [4.69, 9.17) is 26.8 Å². The maximum Gasteiger partial charge on any atom is 0.314 e. The Morgan fingerprint density at radius 3 is 2.40 bits per heavy atom. The summed E-state index contributed by atoms with van der Waals surface area (Å²) < 4.78 is 25.4. The minimum atomic E-state index is -0.867. The number of carbonyl (C=O) groups excluding carboxylic acids is 1. The Balaban J connectivity index is 0.00000432. The molecule has 0 saturated heterocycles. The van der Waals surface area contributed by atoms with Gasteiger partial charge in [0.25, 0.3) is 0 Å².